The molecule has 1 saturated heterocycles. The molecular formula is C30H34N8O3S. The third-order valence-electron chi connectivity index (χ3n) is 8.38. The largest absolute Gasteiger partial charge is 0.395 e. The molecule has 12 heteroatoms. The summed E-state index contributed by atoms with van der Waals surface area (Å²) in [6.07, 6.45) is 7.44. The molecule has 0 saturated carbocycles. The Kier molecular flexibility index (Phi) is 7.12. The number of nitrogens with one attached hydrogen (secondary N) is 1. The summed E-state index contributed by atoms with van der Waals surface area (Å²) in [6.45, 7) is 5.06. The van der Waals surface area contributed by atoms with Crippen LogP contribution in [0.1, 0.15) is 37.3 Å². The van der Waals surface area contributed by atoms with Gasteiger partial charge in [0.15, 0.2) is 0 Å². The average Bonchev–Trinajstić information content (AvgIpc) is 3.50. The zero-order chi connectivity index (χ0) is 28.7. The summed E-state index contributed by atoms with van der Waals surface area (Å²) >= 11 is 0. The Bertz CT molecular complexity index is 1630. The number of anilines is 4. The van der Waals surface area contributed by atoms with Crippen molar-refractivity contribution in [2.75, 3.05) is 46.5 Å². The van der Waals surface area contributed by atoms with E-state index in [1.807, 2.05) is 30.5 Å². The van der Waals surface area contributed by atoms with Crippen molar-refractivity contribution in [1.82, 2.24) is 25.0 Å². The molecule has 11 nitrogen and oxygen atoms in total. The maximum Gasteiger partial charge on any atom is 0.230 e. The molecule has 1 fully saturated rings. The van der Waals surface area contributed by atoms with E-state index in [2.05, 4.69) is 54.9 Å². The first-order valence-corrected chi connectivity index (χ1v) is 15.7. The van der Waals surface area contributed by atoms with E-state index in [9.17, 15) is 9.32 Å². The highest BCUT2D eigenvalue weighted by molar-refractivity contribution is 7.86. The molecule has 2 N–H and O–H groups in total. The van der Waals surface area contributed by atoms with Crippen molar-refractivity contribution in [1.29, 1.82) is 0 Å². The number of nitrogens with zero attached hydrogens (tertiary/aromatic N) is 7. The van der Waals surface area contributed by atoms with Gasteiger partial charge in [-0.15, -0.1) is 5.10 Å². The number of aryl methyl sites for hydroxylation is 1. The highest BCUT2D eigenvalue weighted by atomic mass is 32.2. The van der Waals surface area contributed by atoms with Crippen LogP contribution in [-0.2, 0) is 28.8 Å². The van der Waals surface area contributed by atoms with Crippen molar-refractivity contribution in [2.24, 2.45) is 0 Å². The van der Waals surface area contributed by atoms with Crippen molar-refractivity contribution < 1.29 is 14.1 Å². The number of aromatic nitrogens is 5. The second-order valence-electron chi connectivity index (χ2n) is 11.3. The molecule has 42 heavy (non-hydrogen) atoms. The molecule has 1 atom stereocenters. The Morgan fingerprint density at radius 3 is 2.76 bits per heavy atom. The van der Waals surface area contributed by atoms with Crippen molar-refractivity contribution in [3.05, 3.63) is 66.0 Å². The number of hydrogen-bond acceptors (Lipinski definition) is 9. The van der Waals surface area contributed by atoms with E-state index >= 15 is 0 Å². The van der Waals surface area contributed by atoms with E-state index < -0.39 is 11.0 Å². The molecular weight excluding hydrogens is 552 g/mol. The SMILES string of the molecule is CC12CCN(CC1)c1cc(NS(=O)CCO)ccc1-n1cc(nn1)-c1ccnc(n1)N1CCCc3cc(ccc31)CO2. The molecule has 0 amide bonds. The molecule has 6 aliphatic rings. The lowest BCUT2D eigenvalue weighted by atomic mass is 9.92. The number of aliphatic hydroxyl groups is 1. The standard InChI is InChI=1S/C30H34N8O3S/c1-30-9-13-36(14-10-30)28-18-23(34-42(40)16-15-39)5-7-27(28)38-19-25(33-35-38)24-8-11-31-29(32-24)37-12-2-3-22-17-21(20-41-30)4-6-26(22)37/h4-8,11,17-19,34,39H,2-3,9-10,12-16,20H2,1H3. The van der Waals surface area contributed by atoms with Gasteiger partial charge >= 0.3 is 0 Å². The molecule has 0 aliphatic carbocycles. The molecule has 2 aromatic heterocycles. The van der Waals surface area contributed by atoms with Gasteiger partial charge in [-0.3, -0.25) is 0 Å². The summed E-state index contributed by atoms with van der Waals surface area (Å²) in [5.74, 6) is 0.805. The highest BCUT2D eigenvalue weighted by Gasteiger charge is 2.32. The normalized spacial score (nSPS) is 18.1. The monoisotopic (exact) mass is 586 g/mol. The van der Waals surface area contributed by atoms with Crippen LogP contribution in [0.25, 0.3) is 17.1 Å². The van der Waals surface area contributed by atoms with Crippen LogP contribution in [0.5, 0.6) is 0 Å². The maximum absolute atomic E-state index is 12.4. The molecule has 10 rings (SSSR count). The lowest BCUT2D eigenvalue weighted by Crippen LogP contribution is -2.44. The molecule has 218 valence electrons. The van der Waals surface area contributed by atoms with E-state index in [0.717, 1.165) is 62.4 Å². The minimum Gasteiger partial charge on any atom is -0.395 e. The second kappa shape index (κ2) is 11.1. The number of piperidine rings is 1. The molecule has 8 heterocycles. The summed E-state index contributed by atoms with van der Waals surface area (Å²) in [5, 5.41) is 18.2. The first-order valence-electron chi connectivity index (χ1n) is 14.4. The minimum absolute atomic E-state index is 0.148. The van der Waals surface area contributed by atoms with Crippen molar-refractivity contribution in [2.45, 2.75) is 44.8 Å². The molecule has 0 radical (unpaired) electrons. The van der Waals surface area contributed by atoms with Crippen LogP contribution in [0.3, 0.4) is 0 Å². The predicted molar refractivity (Wildman–Crippen MR) is 163 cm³/mol. The van der Waals surface area contributed by atoms with Crippen LogP contribution in [0.2, 0.25) is 0 Å². The van der Waals surface area contributed by atoms with Crippen molar-refractivity contribution >= 4 is 34.0 Å². The first-order chi connectivity index (χ1) is 20.5. The van der Waals surface area contributed by atoms with E-state index in [4.69, 9.17) is 9.72 Å². The quantitative estimate of drug-likeness (QED) is 0.368. The second-order valence-corrected chi connectivity index (χ2v) is 12.6. The minimum atomic E-state index is -1.38. The van der Waals surface area contributed by atoms with E-state index in [1.165, 1.54) is 11.1 Å². The lowest BCUT2D eigenvalue weighted by Gasteiger charge is -2.41. The van der Waals surface area contributed by atoms with E-state index in [1.54, 1.807) is 10.9 Å². The lowest BCUT2D eigenvalue weighted by molar-refractivity contribution is -0.0585. The van der Waals surface area contributed by atoms with E-state index in [0.29, 0.717) is 29.6 Å². The van der Waals surface area contributed by atoms with Gasteiger partial charge in [0.2, 0.25) is 5.95 Å². The Labute approximate surface area is 247 Å². The Hall–Kier alpha value is -3.87. The van der Waals surface area contributed by atoms with E-state index in [-0.39, 0.29) is 18.0 Å². The van der Waals surface area contributed by atoms with Gasteiger partial charge in [-0.1, -0.05) is 17.3 Å². The van der Waals surface area contributed by atoms with Gasteiger partial charge in [0.1, 0.15) is 16.7 Å². The van der Waals surface area contributed by atoms with Gasteiger partial charge in [0.25, 0.3) is 0 Å². The molecule has 1 unspecified atom stereocenters. The van der Waals surface area contributed by atoms with Crippen LogP contribution < -0.4 is 14.5 Å². The van der Waals surface area contributed by atoms with Crippen LogP contribution in [0.4, 0.5) is 23.0 Å². The number of aliphatic hydroxyl groups excluding tert-OH is 1. The summed E-state index contributed by atoms with van der Waals surface area (Å²) in [4.78, 5) is 14.0. The van der Waals surface area contributed by atoms with Crippen LogP contribution in [0, 0.1) is 0 Å². The average molecular weight is 587 g/mol. The Morgan fingerprint density at radius 2 is 1.90 bits per heavy atom. The van der Waals surface area contributed by atoms with Gasteiger partial charge in [0.05, 0.1) is 47.8 Å². The summed E-state index contributed by atoms with van der Waals surface area (Å²) in [7, 11) is -1.38. The van der Waals surface area contributed by atoms with Gasteiger partial charge in [0, 0.05) is 37.2 Å². The smallest absolute Gasteiger partial charge is 0.230 e. The van der Waals surface area contributed by atoms with Crippen LogP contribution in [0.15, 0.2) is 54.9 Å². The van der Waals surface area contributed by atoms with Crippen LogP contribution in [-0.4, -0.2) is 71.9 Å². The Morgan fingerprint density at radius 1 is 1.05 bits per heavy atom. The fraction of sp³-hybridized carbons (Fsp3) is 0.400. The molecule has 0 spiro atoms. The summed E-state index contributed by atoms with van der Waals surface area (Å²) < 4.78 is 23.7. The zero-order valence-electron chi connectivity index (χ0n) is 23.6. The first kappa shape index (κ1) is 27.0. The number of hydrogen-bond donors (Lipinski definition) is 2. The maximum atomic E-state index is 12.4. The fourth-order valence-electron chi connectivity index (χ4n) is 5.99. The van der Waals surface area contributed by atoms with Gasteiger partial charge < -0.3 is 24.4 Å². The molecule has 4 aromatic rings. The Balaban J connectivity index is 1.32. The molecule has 6 aliphatic heterocycles. The highest BCUT2D eigenvalue weighted by Crippen LogP contribution is 2.37. The zero-order valence-corrected chi connectivity index (χ0v) is 24.4. The van der Waals surface area contributed by atoms with Crippen molar-refractivity contribution in [3.8, 4) is 17.1 Å². The molecule has 2 aromatic carbocycles. The van der Waals surface area contributed by atoms with Gasteiger partial charge in [-0.25, -0.2) is 18.9 Å². The summed E-state index contributed by atoms with van der Waals surface area (Å²) in [5.41, 5.74) is 7.26. The fourth-order valence-corrected chi connectivity index (χ4v) is 6.65. The third kappa shape index (κ3) is 5.25. The third-order valence-corrected chi connectivity index (χ3v) is 9.40. The number of rotatable bonds is 4. The van der Waals surface area contributed by atoms with Crippen LogP contribution >= 0.6 is 0 Å². The topological polar surface area (TPSA) is 122 Å². The summed E-state index contributed by atoms with van der Waals surface area (Å²) in [6, 6.07) is 14.3. The predicted octanol–water partition coefficient (Wildman–Crippen LogP) is 3.77. The van der Waals surface area contributed by atoms with Gasteiger partial charge in [-0.05, 0) is 74.1 Å². The number of benzene rings is 2. The number of ether oxygens (including phenoxy) is 1. The molecule has 10 bridgehead atoms. The van der Waals surface area contributed by atoms with Gasteiger partial charge in [-0.2, -0.15) is 0 Å². The van der Waals surface area contributed by atoms with Crippen molar-refractivity contribution in [3.63, 3.8) is 0 Å².